The van der Waals surface area contributed by atoms with Crippen LogP contribution in [-0.4, -0.2) is 53.5 Å². The summed E-state index contributed by atoms with van der Waals surface area (Å²) in [6.07, 6.45) is 4.31. The predicted octanol–water partition coefficient (Wildman–Crippen LogP) is 0.832. The molecule has 1 atom stereocenters. The van der Waals surface area contributed by atoms with Crippen molar-refractivity contribution in [3.63, 3.8) is 0 Å². The molecule has 0 amide bonds. The Kier molecular flexibility index (Phi) is 4.49. The maximum absolute atomic E-state index is 5.65. The molecule has 0 spiro atoms. The van der Waals surface area contributed by atoms with Gasteiger partial charge in [-0.3, -0.25) is 4.90 Å². The van der Waals surface area contributed by atoms with E-state index in [0.29, 0.717) is 5.82 Å². The molecule has 1 aliphatic rings. The lowest BCUT2D eigenvalue weighted by molar-refractivity contribution is 0.285. The van der Waals surface area contributed by atoms with Gasteiger partial charge in [0, 0.05) is 12.7 Å². The Bertz CT molecular complexity index is 381. The van der Waals surface area contributed by atoms with Crippen LogP contribution < -0.4 is 5.73 Å². The lowest BCUT2D eigenvalue weighted by Crippen LogP contribution is -2.23. The topological polar surface area (TPSA) is 58.3 Å². The van der Waals surface area contributed by atoms with Crippen LogP contribution in [0.4, 0.5) is 5.82 Å². The molecule has 1 aliphatic heterocycles. The minimum atomic E-state index is 0.547. The smallest absolute Gasteiger partial charge is 0.144 e. The molecule has 1 saturated heterocycles. The molecule has 0 aromatic carbocycles. The second-order valence-corrected chi connectivity index (χ2v) is 5.34. The van der Waals surface area contributed by atoms with Gasteiger partial charge in [-0.1, -0.05) is 0 Å². The zero-order valence-corrected chi connectivity index (χ0v) is 11.3. The summed E-state index contributed by atoms with van der Waals surface area (Å²) in [6.45, 7) is 4.35. The van der Waals surface area contributed by atoms with E-state index in [1.807, 2.05) is 0 Å². The van der Waals surface area contributed by atoms with Gasteiger partial charge in [0.2, 0.25) is 0 Å². The van der Waals surface area contributed by atoms with Crippen LogP contribution in [0.2, 0.25) is 0 Å². The summed E-state index contributed by atoms with van der Waals surface area (Å²) in [5.74, 6) is 2.20. The van der Waals surface area contributed by atoms with Crippen LogP contribution in [0.15, 0.2) is 12.3 Å². The zero-order valence-electron chi connectivity index (χ0n) is 11.3. The first kappa shape index (κ1) is 13.2. The maximum Gasteiger partial charge on any atom is 0.144 e. The second-order valence-electron chi connectivity index (χ2n) is 5.34. The van der Waals surface area contributed by atoms with Crippen LogP contribution in [0, 0.1) is 5.92 Å². The van der Waals surface area contributed by atoms with Gasteiger partial charge in [0.1, 0.15) is 11.6 Å². The lowest BCUT2D eigenvalue weighted by Gasteiger charge is -2.18. The first-order chi connectivity index (χ1) is 8.63. The molecule has 0 saturated carbocycles. The van der Waals surface area contributed by atoms with E-state index in [9.17, 15) is 0 Å². The summed E-state index contributed by atoms with van der Waals surface area (Å²) in [6, 6.07) is 1.72. The molecule has 2 rings (SSSR count). The van der Waals surface area contributed by atoms with E-state index >= 15 is 0 Å². The van der Waals surface area contributed by atoms with Crippen molar-refractivity contribution >= 4 is 5.82 Å². The third kappa shape index (κ3) is 3.92. The minimum absolute atomic E-state index is 0.547. The van der Waals surface area contributed by atoms with E-state index in [0.717, 1.165) is 24.8 Å². The number of likely N-dealkylation sites (tertiary alicyclic amines) is 1. The number of anilines is 1. The van der Waals surface area contributed by atoms with Crippen LogP contribution in [0.1, 0.15) is 18.7 Å². The highest BCUT2D eigenvalue weighted by Crippen LogP contribution is 2.18. The molecule has 0 aliphatic carbocycles. The van der Waals surface area contributed by atoms with Crippen molar-refractivity contribution in [3.8, 4) is 0 Å². The zero-order chi connectivity index (χ0) is 13.0. The molecule has 5 nitrogen and oxygen atoms in total. The van der Waals surface area contributed by atoms with E-state index in [-0.39, 0.29) is 0 Å². The highest BCUT2D eigenvalue weighted by molar-refractivity contribution is 5.24. The molecule has 1 fully saturated rings. The fourth-order valence-electron chi connectivity index (χ4n) is 2.48. The fraction of sp³-hybridized carbons (Fsp3) is 0.692. The van der Waals surface area contributed by atoms with Gasteiger partial charge in [0.05, 0.1) is 6.54 Å². The van der Waals surface area contributed by atoms with Crippen molar-refractivity contribution in [3.05, 3.63) is 18.1 Å². The van der Waals surface area contributed by atoms with Crippen LogP contribution in [0.3, 0.4) is 0 Å². The Labute approximate surface area is 109 Å². The van der Waals surface area contributed by atoms with Gasteiger partial charge in [-0.25, -0.2) is 9.97 Å². The Hall–Kier alpha value is -1.20. The summed E-state index contributed by atoms with van der Waals surface area (Å²) in [5.41, 5.74) is 5.65. The summed E-state index contributed by atoms with van der Waals surface area (Å²) < 4.78 is 0. The molecule has 100 valence electrons. The number of hydrogen-bond donors (Lipinski definition) is 1. The molecule has 0 radical (unpaired) electrons. The molecule has 1 aromatic rings. The average Bonchev–Trinajstić information content (AvgIpc) is 2.73. The van der Waals surface area contributed by atoms with E-state index in [2.05, 4.69) is 33.9 Å². The van der Waals surface area contributed by atoms with Crippen LogP contribution in [0.5, 0.6) is 0 Å². The summed E-state index contributed by atoms with van der Waals surface area (Å²) in [4.78, 5) is 13.1. The largest absolute Gasteiger partial charge is 0.384 e. The monoisotopic (exact) mass is 249 g/mol. The molecule has 0 bridgehead atoms. The normalized spacial score (nSPS) is 20.7. The minimum Gasteiger partial charge on any atom is -0.384 e. The number of nitrogens with zero attached hydrogens (tertiary/aromatic N) is 4. The number of aromatic nitrogens is 2. The molecule has 5 heteroatoms. The van der Waals surface area contributed by atoms with Crippen molar-refractivity contribution in [1.82, 2.24) is 19.8 Å². The van der Waals surface area contributed by atoms with Gasteiger partial charge in [-0.05, 0) is 52.0 Å². The summed E-state index contributed by atoms with van der Waals surface area (Å²) in [7, 11) is 4.31. The van der Waals surface area contributed by atoms with E-state index < -0.39 is 0 Å². The first-order valence-electron chi connectivity index (χ1n) is 6.58. The molecule has 1 unspecified atom stereocenters. The highest BCUT2D eigenvalue weighted by atomic mass is 15.1. The van der Waals surface area contributed by atoms with Crippen molar-refractivity contribution in [2.45, 2.75) is 19.4 Å². The first-order valence-corrected chi connectivity index (χ1v) is 6.58. The van der Waals surface area contributed by atoms with Gasteiger partial charge in [0.15, 0.2) is 0 Å². The van der Waals surface area contributed by atoms with Crippen molar-refractivity contribution in [1.29, 1.82) is 0 Å². The summed E-state index contributed by atoms with van der Waals surface area (Å²) in [5, 5.41) is 0. The fourth-order valence-corrected chi connectivity index (χ4v) is 2.48. The average molecular weight is 249 g/mol. The predicted molar refractivity (Wildman–Crippen MR) is 73.0 cm³/mol. The molecular formula is C13H23N5. The van der Waals surface area contributed by atoms with Gasteiger partial charge in [-0.2, -0.15) is 0 Å². The van der Waals surface area contributed by atoms with E-state index in [1.54, 1.807) is 12.3 Å². The quantitative estimate of drug-likeness (QED) is 0.837. The Balaban J connectivity index is 1.73. The number of hydrogen-bond acceptors (Lipinski definition) is 5. The lowest BCUT2D eigenvalue weighted by atomic mass is 10.1. The summed E-state index contributed by atoms with van der Waals surface area (Å²) >= 11 is 0. The van der Waals surface area contributed by atoms with Gasteiger partial charge in [0.25, 0.3) is 0 Å². The van der Waals surface area contributed by atoms with Gasteiger partial charge < -0.3 is 10.6 Å². The van der Waals surface area contributed by atoms with Crippen LogP contribution in [0.25, 0.3) is 0 Å². The maximum atomic E-state index is 5.65. The molecular weight excluding hydrogens is 226 g/mol. The standard InChI is InChI=1S/C13H23N5/c1-17-7-4-11(9-17)5-8-18(2)10-13-15-6-3-12(14)16-13/h3,6,11H,4-5,7-10H2,1-2H3,(H2,14,15,16). The Morgan fingerprint density at radius 3 is 3.06 bits per heavy atom. The van der Waals surface area contributed by atoms with Crippen LogP contribution >= 0.6 is 0 Å². The van der Waals surface area contributed by atoms with Gasteiger partial charge >= 0.3 is 0 Å². The second kappa shape index (κ2) is 6.11. The van der Waals surface area contributed by atoms with E-state index in [1.165, 1.54) is 25.9 Å². The molecule has 2 heterocycles. The van der Waals surface area contributed by atoms with E-state index in [4.69, 9.17) is 5.73 Å². The van der Waals surface area contributed by atoms with Gasteiger partial charge in [-0.15, -0.1) is 0 Å². The SMILES string of the molecule is CN(CCC1CCN(C)C1)Cc1nccc(N)n1. The van der Waals surface area contributed by atoms with Crippen molar-refractivity contribution < 1.29 is 0 Å². The van der Waals surface area contributed by atoms with Crippen molar-refractivity contribution in [2.75, 3.05) is 39.5 Å². The number of nitrogen functional groups attached to an aromatic ring is 1. The highest BCUT2D eigenvalue weighted by Gasteiger charge is 2.19. The third-order valence-corrected chi connectivity index (χ3v) is 3.55. The van der Waals surface area contributed by atoms with Crippen LogP contribution in [-0.2, 0) is 6.54 Å². The molecule has 2 N–H and O–H groups in total. The third-order valence-electron chi connectivity index (χ3n) is 3.55. The molecule has 18 heavy (non-hydrogen) atoms. The Morgan fingerprint density at radius 1 is 1.56 bits per heavy atom. The Morgan fingerprint density at radius 2 is 2.39 bits per heavy atom. The number of rotatable bonds is 5. The molecule has 1 aromatic heterocycles. The number of nitrogens with two attached hydrogens (primary N) is 1. The van der Waals surface area contributed by atoms with Crippen molar-refractivity contribution in [2.24, 2.45) is 5.92 Å².